The summed E-state index contributed by atoms with van der Waals surface area (Å²) in [7, 11) is 0. The lowest BCUT2D eigenvalue weighted by Crippen LogP contribution is -2.28. The zero-order valence-electron chi connectivity index (χ0n) is 14.1. The molecule has 4 nitrogen and oxygen atoms in total. The molecule has 1 aromatic heterocycles. The van der Waals surface area contributed by atoms with Gasteiger partial charge in [0, 0.05) is 30.2 Å². The molecule has 2 heterocycles. The Bertz CT molecular complexity index is 819. The Morgan fingerprint density at radius 1 is 1.17 bits per heavy atom. The first-order chi connectivity index (χ1) is 11.6. The number of para-hydroxylation sites is 1. The quantitative estimate of drug-likeness (QED) is 0.641. The fourth-order valence-corrected chi connectivity index (χ4v) is 3.30. The van der Waals surface area contributed by atoms with Gasteiger partial charge in [-0.1, -0.05) is 18.2 Å². The maximum Gasteiger partial charge on any atom is 0.264 e. The van der Waals surface area contributed by atoms with Crippen molar-refractivity contribution in [2.45, 2.75) is 26.7 Å². The monoisotopic (exact) mass is 319 g/mol. The topological polar surface area (TPSA) is 49.0 Å². The van der Waals surface area contributed by atoms with Crippen molar-refractivity contribution >= 4 is 12.0 Å². The Morgan fingerprint density at radius 3 is 2.46 bits per heavy atom. The minimum atomic E-state index is -0.153. The van der Waals surface area contributed by atoms with Crippen LogP contribution in [0.5, 0.6) is 0 Å². The van der Waals surface area contributed by atoms with Crippen LogP contribution in [0.3, 0.4) is 0 Å². The normalized spacial score (nSPS) is 14.7. The summed E-state index contributed by atoms with van der Waals surface area (Å²) < 4.78 is 2.14. The summed E-state index contributed by atoms with van der Waals surface area (Å²) in [4.78, 5) is 14.3. The number of carbonyl (C=O) groups is 1. The Kier molecular flexibility index (Phi) is 4.52. The number of amides is 1. The summed E-state index contributed by atoms with van der Waals surface area (Å²) in [5, 5.41) is 9.43. The molecule has 24 heavy (non-hydrogen) atoms. The second-order valence-electron chi connectivity index (χ2n) is 6.17. The van der Waals surface area contributed by atoms with Gasteiger partial charge in [0.05, 0.1) is 0 Å². The van der Waals surface area contributed by atoms with Gasteiger partial charge in [-0.2, -0.15) is 5.26 Å². The minimum Gasteiger partial charge on any atom is -0.338 e. The fourth-order valence-electron chi connectivity index (χ4n) is 3.30. The van der Waals surface area contributed by atoms with Gasteiger partial charge in [0.2, 0.25) is 0 Å². The molecule has 1 aromatic carbocycles. The van der Waals surface area contributed by atoms with Crippen LogP contribution in [0.4, 0.5) is 0 Å². The molecule has 1 aliphatic rings. The van der Waals surface area contributed by atoms with E-state index in [0.717, 1.165) is 48.6 Å². The van der Waals surface area contributed by atoms with Gasteiger partial charge in [-0.05, 0) is 56.5 Å². The van der Waals surface area contributed by atoms with E-state index in [9.17, 15) is 10.1 Å². The lowest BCUT2D eigenvalue weighted by atomic mass is 10.1. The number of rotatable bonds is 3. The van der Waals surface area contributed by atoms with Gasteiger partial charge in [-0.15, -0.1) is 0 Å². The molecule has 1 amide bonds. The number of carbonyl (C=O) groups excluding carboxylic acids is 1. The molecular formula is C20H21N3O. The number of benzene rings is 1. The van der Waals surface area contributed by atoms with E-state index >= 15 is 0 Å². The number of aromatic nitrogens is 1. The van der Waals surface area contributed by atoms with Gasteiger partial charge in [0.1, 0.15) is 11.6 Å². The van der Waals surface area contributed by atoms with E-state index < -0.39 is 0 Å². The first kappa shape index (κ1) is 16.1. The molecule has 1 aliphatic heterocycles. The van der Waals surface area contributed by atoms with Crippen LogP contribution in [-0.4, -0.2) is 28.5 Å². The molecule has 4 heteroatoms. The Labute approximate surface area is 142 Å². The highest BCUT2D eigenvalue weighted by Gasteiger charge is 2.22. The maximum atomic E-state index is 12.5. The molecule has 0 aliphatic carbocycles. The lowest BCUT2D eigenvalue weighted by Gasteiger charge is -2.14. The molecule has 1 saturated heterocycles. The molecular weight excluding hydrogens is 298 g/mol. The summed E-state index contributed by atoms with van der Waals surface area (Å²) in [6, 6.07) is 14.2. The predicted octanol–water partition coefficient (Wildman–Crippen LogP) is 3.62. The average molecular weight is 319 g/mol. The maximum absolute atomic E-state index is 12.5. The van der Waals surface area contributed by atoms with Gasteiger partial charge in [0.25, 0.3) is 5.91 Å². The van der Waals surface area contributed by atoms with Crippen LogP contribution in [0.25, 0.3) is 11.8 Å². The van der Waals surface area contributed by atoms with Gasteiger partial charge in [-0.3, -0.25) is 4.79 Å². The highest BCUT2D eigenvalue weighted by Crippen LogP contribution is 2.23. The van der Waals surface area contributed by atoms with E-state index in [1.165, 1.54) is 0 Å². The van der Waals surface area contributed by atoms with Gasteiger partial charge >= 0.3 is 0 Å². The number of nitrogens with zero attached hydrogens (tertiary/aromatic N) is 3. The molecule has 0 radical (unpaired) electrons. The van der Waals surface area contributed by atoms with E-state index in [1.54, 1.807) is 11.0 Å². The molecule has 0 saturated carbocycles. The smallest absolute Gasteiger partial charge is 0.264 e. The lowest BCUT2D eigenvalue weighted by molar-refractivity contribution is -0.125. The standard InChI is InChI=1S/C20H21N3O/c1-15-12-17(16(2)23(15)19-8-4-3-5-9-19)13-18(14-21)20(24)22-10-6-7-11-22/h3-5,8-9,12-13H,6-7,10-11H2,1-2H3/b18-13+. The van der Waals surface area contributed by atoms with Crippen LogP contribution in [-0.2, 0) is 4.79 Å². The van der Waals surface area contributed by atoms with Crippen molar-refractivity contribution in [2.24, 2.45) is 0 Å². The second kappa shape index (κ2) is 6.76. The number of aryl methyl sites for hydroxylation is 1. The summed E-state index contributed by atoms with van der Waals surface area (Å²) in [5.74, 6) is -0.153. The molecule has 0 N–H and O–H groups in total. The summed E-state index contributed by atoms with van der Waals surface area (Å²) in [5.41, 5.74) is 4.32. The number of hydrogen-bond acceptors (Lipinski definition) is 2. The molecule has 1 fully saturated rings. The van der Waals surface area contributed by atoms with Crippen LogP contribution in [0.15, 0.2) is 42.0 Å². The fraction of sp³-hybridized carbons (Fsp3) is 0.300. The van der Waals surface area contributed by atoms with Crippen molar-refractivity contribution in [3.05, 3.63) is 58.9 Å². The number of likely N-dealkylation sites (tertiary alicyclic amines) is 1. The molecule has 0 unspecified atom stereocenters. The van der Waals surface area contributed by atoms with E-state index in [4.69, 9.17) is 0 Å². The van der Waals surface area contributed by atoms with Crippen molar-refractivity contribution in [1.29, 1.82) is 5.26 Å². The number of hydrogen-bond donors (Lipinski definition) is 0. The third-order valence-electron chi connectivity index (χ3n) is 4.53. The van der Waals surface area contributed by atoms with Crippen molar-refractivity contribution < 1.29 is 4.79 Å². The van der Waals surface area contributed by atoms with E-state index in [0.29, 0.717) is 0 Å². The molecule has 2 aromatic rings. The highest BCUT2D eigenvalue weighted by molar-refractivity contribution is 6.02. The Hall–Kier alpha value is -2.80. The van der Waals surface area contributed by atoms with Crippen molar-refractivity contribution in [1.82, 2.24) is 9.47 Å². The van der Waals surface area contributed by atoms with Gasteiger partial charge < -0.3 is 9.47 Å². The zero-order valence-corrected chi connectivity index (χ0v) is 14.1. The third kappa shape index (κ3) is 2.98. The molecule has 122 valence electrons. The number of nitriles is 1. The summed E-state index contributed by atoms with van der Waals surface area (Å²) >= 11 is 0. The van der Waals surface area contributed by atoms with Crippen LogP contribution in [0.1, 0.15) is 29.8 Å². The van der Waals surface area contributed by atoms with Gasteiger partial charge in [0.15, 0.2) is 0 Å². The predicted molar refractivity (Wildman–Crippen MR) is 94.6 cm³/mol. The summed E-state index contributed by atoms with van der Waals surface area (Å²) in [6.45, 7) is 5.55. The molecule has 0 bridgehead atoms. The van der Waals surface area contributed by atoms with Crippen LogP contribution in [0.2, 0.25) is 0 Å². The van der Waals surface area contributed by atoms with Gasteiger partial charge in [-0.25, -0.2) is 0 Å². The minimum absolute atomic E-state index is 0.153. The summed E-state index contributed by atoms with van der Waals surface area (Å²) in [6.07, 6.45) is 3.77. The first-order valence-corrected chi connectivity index (χ1v) is 8.27. The van der Waals surface area contributed by atoms with E-state index in [-0.39, 0.29) is 11.5 Å². The average Bonchev–Trinajstić information content (AvgIpc) is 3.21. The van der Waals surface area contributed by atoms with E-state index in [1.807, 2.05) is 50.2 Å². The Morgan fingerprint density at radius 2 is 1.83 bits per heavy atom. The van der Waals surface area contributed by atoms with Crippen molar-refractivity contribution in [3.63, 3.8) is 0 Å². The SMILES string of the molecule is Cc1cc(/C=C(\C#N)C(=O)N2CCCC2)c(C)n1-c1ccccc1. The molecule has 3 rings (SSSR count). The molecule has 0 atom stereocenters. The van der Waals surface area contributed by atoms with Crippen molar-refractivity contribution in [3.8, 4) is 11.8 Å². The third-order valence-corrected chi connectivity index (χ3v) is 4.53. The van der Waals surface area contributed by atoms with Crippen molar-refractivity contribution in [2.75, 3.05) is 13.1 Å². The highest BCUT2D eigenvalue weighted by atomic mass is 16.2. The van der Waals surface area contributed by atoms with Crippen LogP contribution in [0, 0.1) is 25.2 Å². The largest absolute Gasteiger partial charge is 0.338 e. The first-order valence-electron chi connectivity index (χ1n) is 8.27. The second-order valence-corrected chi connectivity index (χ2v) is 6.17. The zero-order chi connectivity index (χ0) is 17.1. The molecule has 0 spiro atoms. The van der Waals surface area contributed by atoms with E-state index in [2.05, 4.69) is 10.6 Å². The van der Waals surface area contributed by atoms with Crippen LogP contribution < -0.4 is 0 Å². The Balaban J connectivity index is 1.98. The van der Waals surface area contributed by atoms with Crippen LogP contribution >= 0.6 is 0 Å².